The maximum Gasteiger partial charge on any atom is 0.0162 e. The molecular weight excluding hydrogens is 662 g/mol. The first-order chi connectivity index (χ1) is 25.3. The maximum atomic E-state index is 2.75. The van der Waals surface area contributed by atoms with Crippen molar-refractivity contribution in [1.29, 1.82) is 0 Å². The highest BCUT2D eigenvalue weighted by molar-refractivity contribution is 7.79. The number of rotatable bonds is 5. The van der Waals surface area contributed by atoms with Crippen molar-refractivity contribution in [2.24, 2.45) is 11.8 Å². The molecule has 4 aliphatic carbocycles. The Morgan fingerprint density at radius 2 is 1.08 bits per heavy atom. The highest BCUT2D eigenvalue weighted by Gasteiger charge is 2.53. The van der Waals surface area contributed by atoms with Gasteiger partial charge < -0.3 is 0 Å². The van der Waals surface area contributed by atoms with Gasteiger partial charge in [0, 0.05) is 22.4 Å². The Hall–Kier alpha value is -4.34. The summed E-state index contributed by atoms with van der Waals surface area (Å²) in [5, 5.41) is 8.48. The van der Waals surface area contributed by atoms with Crippen LogP contribution in [0.1, 0.15) is 55.9 Å². The third-order valence-electron chi connectivity index (χ3n) is 12.6. The minimum Gasteiger partial charge on any atom is -0.0827 e. The second-order valence-corrected chi connectivity index (χ2v) is 19.9. The van der Waals surface area contributed by atoms with Crippen LogP contribution in [0.2, 0.25) is 0 Å². The SMILES string of the molecule is CC1(C)C2=CC(Pc3ccccc3)C3C=c4ccccc4=CC3C2c2ccc3c(c21)C(C)(C)c1cc(P(c2ccccc2)c2ccccc2)ccc1-3. The average molecular weight is 707 g/mol. The summed E-state index contributed by atoms with van der Waals surface area (Å²) in [5.41, 5.74) is 11.0. The van der Waals surface area contributed by atoms with Crippen LogP contribution in [-0.4, -0.2) is 5.66 Å². The molecule has 254 valence electrons. The van der Waals surface area contributed by atoms with Gasteiger partial charge in [-0.15, -0.1) is 0 Å². The number of fused-ring (bicyclic) bond motifs is 10. The Morgan fingerprint density at radius 3 is 1.73 bits per heavy atom. The van der Waals surface area contributed by atoms with Gasteiger partial charge in [0.1, 0.15) is 0 Å². The molecule has 0 heterocycles. The van der Waals surface area contributed by atoms with Gasteiger partial charge in [-0.1, -0.05) is 200 Å². The van der Waals surface area contributed by atoms with Crippen molar-refractivity contribution >= 4 is 49.9 Å². The van der Waals surface area contributed by atoms with Crippen molar-refractivity contribution in [1.82, 2.24) is 0 Å². The summed E-state index contributed by atoms with van der Waals surface area (Å²) >= 11 is 0. The van der Waals surface area contributed by atoms with Gasteiger partial charge in [-0.05, 0) is 90.9 Å². The Labute approximate surface area is 311 Å². The largest absolute Gasteiger partial charge is 0.0827 e. The molecule has 0 amide bonds. The first kappa shape index (κ1) is 32.3. The van der Waals surface area contributed by atoms with E-state index in [1.165, 1.54) is 48.3 Å². The summed E-state index contributed by atoms with van der Waals surface area (Å²) in [6.07, 6.45) is 8.04. The summed E-state index contributed by atoms with van der Waals surface area (Å²) in [4.78, 5) is 0. The summed E-state index contributed by atoms with van der Waals surface area (Å²) in [7, 11) is 0.0680. The van der Waals surface area contributed by atoms with Gasteiger partial charge in [-0.25, -0.2) is 0 Å². The van der Waals surface area contributed by atoms with Crippen LogP contribution in [0.5, 0.6) is 0 Å². The van der Waals surface area contributed by atoms with Gasteiger partial charge in [0.15, 0.2) is 0 Å². The molecule has 10 rings (SSSR count). The molecule has 6 aromatic carbocycles. The molecule has 0 radical (unpaired) electrons. The number of hydrogen-bond donors (Lipinski definition) is 0. The third-order valence-corrected chi connectivity index (χ3v) is 16.6. The first-order valence-corrected chi connectivity index (χ1v) is 21.3. The molecule has 4 aliphatic rings. The summed E-state index contributed by atoms with van der Waals surface area (Å²) in [6, 6.07) is 55.0. The van der Waals surface area contributed by atoms with E-state index < -0.39 is 7.92 Å². The lowest BCUT2D eigenvalue weighted by Crippen LogP contribution is -2.41. The van der Waals surface area contributed by atoms with E-state index in [-0.39, 0.29) is 10.8 Å². The molecular formula is C50H44P2. The smallest absolute Gasteiger partial charge is 0.0162 e. The lowest BCUT2D eigenvalue weighted by atomic mass is 9.66. The fourth-order valence-corrected chi connectivity index (χ4v) is 14.2. The fourth-order valence-electron chi connectivity index (χ4n) is 10.3. The number of hydrogen-bond acceptors (Lipinski definition) is 0. The second kappa shape index (κ2) is 12.1. The molecule has 0 spiro atoms. The maximum absolute atomic E-state index is 2.75. The normalized spacial score (nSPS) is 22.7. The van der Waals surface area contributed by atoms with E-state index in [9.17, 15) is 0 Å². The highest BCUT2D eigenvalue weighted by Crippen LogP contribution is 2.64. The highest BCUT2D eigenvalue weighted by atomic mass is 31.1. The van der Waals surface area contributed by atoms with Crippen molar-refractivity contribution < 1.29 is 0 Å². The van der Waals surface area contributed by atoms with Crippen LogP contribution in [0.3, 0.4) is 0 Å². The first-order valence-electron chi connectivity index (χ1n) is 18.9. The van der Waals surface area contributed by atoms with Crippen LogP contribution in [0.4, 0.5) is 0 Å². The molecule has 0 aromatic heterocycles. The lowest BCUT2D eigenvalue weighted by Gasteiger charge is -2.42. The molecule has 52 heavy (non-hydrogen) atoms. The van der Waals surface area contributed by atoms with Gasteiger partial charge in [0.25, 0.3) is 0 Å². The minimum absolute atomic E-state index is 0.0661. The van der Waals surface area contributed by atoms with E-state index in [1.807, 2.05) is 0 Å². The van der Waals surface area contributed by atoms with Crippen molar-refractivity contribution in [2.75, 3.05) is 0 Å². The monoisotopic (exact) mass is 706 g/mol. The minimum atomic E-state index is -0.678. The van der Waals surface area contributed by atoms with Gasteiger partial charge in [0.2, 0.25) is 0 Å². The zero-order valence-corrected chi connectivity index (χ0v) is 32.2. The Bertz CT molecular complexity index is 2470. The van der Waals surface area contributed by atoms with E-state index in [0.717, 1.165) is 8.58 Å². The van der Waals surface area contributed by atoms with Crippen molar-refractivity contribution in [3.63, 3.8) is 0 Å². The number of allylic oxidation sites excluding steroid dienone is 2. The zero-order chi connectivity index (χ0) is 35.2. The van der Waals surface area contributed by atoms with Crippen LogP contribution >= 0.6 is 16.5 Å². The van der Waals surface area contributed by atoms with Crippen LogP contribution < -0.4 is 31.7 Å². The Morgan fingerprint density at radius 1 is 0.500 bits per heavy atom. The fraction of sp³-hybridized carbons (Fsp3) is 0.200. The molecule has 6 aromatic rings. The lowest BCUT2D eigenvalue weighted by molar-refractivity contribution is 0.431. The van der Waals surface area contributed by atoms with Crippen LogP contribution in [-0.2, 0) is 10.8 Å². The molecule has 0 nitrogen and oxygen atoms in total. The second-order valence-electron chi connectivity index (χ2n) is 16.2. The van der Waals surface area contributed by atoms with Gasteiger partial charge in [-0.2, -0.15) is 0 Å². The van der Waals surface area contributed by atoms with Crippen molar-refractivity contribution in [3.8, 4) is 11.1 Å². The Balaban J connectivity index is 1.13. The van der Waals surface area contributed by atoms with Crippen LogP contribution in [0.25, 0.3) is 23.3 Å². The summed E-state index contributed by atoms with van der Waals surface area (Å²) in [6.45, 7) is 10.1. The predicted molar refractivity (Wildman–Crippen MR) is 226 cm³/mol. The molecule has 0 saturated heterocycles. The van der Waals surface area contributed by atoms with E-state index >= 15 is 0 Å². The van der Waals surface area contributed by atoms with Crippen molar-refractivity contribution in [3.05, 3.63) is 190 Å². The summed E-state index contributed by atoms with van der Waals surface area (Å²) < 4.78 is 0. The van der Waals surface area contributed by atoms with Crippen LogP contribution in [0.15, 0.2) is 157 Å². The topological polar surface area (TPSA) is 0 Å². The molecule has 0 bridgehead atoms. The molecule has 0 saturated carbocycles. The van der Waals surface area contributed by atoms with E-state index in [2.05, 4.69) is 192 Å². The van der Waals surface area contributed by atoms with E-state index in [4.69, 9.17) is 0 Å². The summed E-state index contributed by atoms with van der Waals surface area (Å²) in [5.74, 6) is 1.30. The molecule has 5 unspecified atom stereocenters. The Kier molecular flexibility index (Phi) is 7.52. The molecule has 5 atom stereocenters. The van der Waals surface area contributed by atoms with Gasteiger partial charge in [0.05, 0.1) is 0 Å². The molecule has 2 heteroatoms. The zero-order valence-electron chi connectivity index (χ0n) is 30.3. The third kappa shape index (κ3) is 4.88. The average Bonchev–Trinajstić information content (AvgIpc) is 3.54. The van der Waals surface area contributed by atoms with E-state index in [0.29, 0.717) is 23.4 Å². The van der Waals surface area contributed by atoms with Gasteiger partial charge in [-0.3, -0.25) is 0 Å². The predicted octanol–water partition coefficient (Wildman–Crippen LogP) is 8.95. The van der Waals surface area contributed by atoms with E-state index in [1.54, 1.807) is 22.3 Å². The van der Waals surface area contributed by atoms with Gasteiger partial charge >= 0.3 is 0 Å². The van der Waals surface area contributed by atoms with Crippen molar-refractivity contribution in [2.45, 2.75) is 50.1 Å². The standard InChI is InChI=1S/C50H44P2/c1-49(2)43-30-37(52(35-20-10-6-11-21-35)36-22-12-7-13-23-36)24-25-38(43)39-26-27-40-46-42-29-33-17-15-14-16-32(33)28-41(42)45(51-34-18-8-5-9-19-34)31-44(46)50(3,4)48(40)47(39)49/h5-31,41-42,45-46,51H,1-4H3. The van der Waals surface area contributed by atoms with Crippen LogP contribution in [0, 0.1) is 11.8 Å². The quantitative estimate of drug-likeness (QED) is 0.124. The number of benzene rings is 6. The molecule has 0 N–H and O–H groups in total. The molecule has 0 aliphatic heterocycles. The molecule has 0 fully saturated rings.